The van der Waals surface area contributed by atoms with E-state index in [9.17, 15) is 19.2 Å². The van der Waals surface area contributed by atoms with E-state index in [1.165, 1.54) is 21.0 Å². The number of hydrogen-bond donors (Lipinski definition) is 0. The van der Waals surface area contributed by atoms with E-state index in [1.807, 2.05) is 6.92 Å². The van der Waals surface area contributed by atoms with Crippen molar-refractivity contribution < 1.29 is 33.4 Å². The second kappa shape index (κ2) is 8.14. The third kappa shape index (κ3) is 3.38. The summed E-state index contributed by atoms with van der Waals surface area (Å²) in [4.78, 5) is 50.2. The average molecular weight is 449 g/mol. The lowest BCUT2D eigenvalue weighted by Crippen LogP contribution is -2.64. The van der Waals surface area contributed by atoms with Gasteiger partial charge in [0.1, 0.15) is 6.10 Å². The lowest BCUT2D eigenvalue weighted by Gasteiger charge is -2.61. The average Bonchev–Trinajstić information content (AvgIpc) is 3.08. The second-order valence-corrected chi connectivity index (χ2v) is 10.9. The van der Waals surface area contributed by atoms with Gasteiger partial charge in [-0.1, -0.05) is 13.8 Å². The fourth-order valence-corrected chi connectivity index (χ4v) is 8.19. The van der Waals surface area contributed by atoms with Crippen molar-refractivity contribution in [2.24, 2.45) is 40.4 Å². The highest BCUT2D eigenvalue weighted by Crippen LogP contribution is 2.67. The molecule has 0 heterocycles. The van der Waals surface area contributed by atoms with E-state index in [0.29, 0.717) is 12.3 Å². The Kier molecular flexibility index (Phi) is 5.91. The Balaban J connectivity index is 1.71. The van der Waals surface area contributed by atoms with Gasteiger partial charge in [0, 0.05) is 25.2 Å². The number of ether oxygens (including phenoxy) is 3. The lowest BCUT2D eigenvalue weighted by molar-refractivity contribution is -0.202. The summed E-state index contributed by atoms with van der Waals surface area (Å²) >= 11 is 0. The van der Waals surface area contributed by atoms with Crippen LogP contribution in [0.1, 0.15) is 72.6 Å². The van der Waals surface area contributed by atoms with E-state index < -0.39 is 23.4 Å². The van der Waals surface area contributed by atoms with Crippen molar-refractivity contribution in [1.82, 2.24) is 0 Å². The summed E-state index contributed by atoms with van der Waals surface area (Å²) in [5.74, 6) is -1.15. The highest BCUT2D eigenvalue weighted by molar-refractivity contribution is 5.96. The SMILES string of the molecule is COC(=O)[C@H]1CC[C@@H]2C3CC[C@@H]4C[C@@H](OC(C)=O)CC[C@]4(C)C3C(OC(C)=O)C(=O)[C@]12C. The zero-order valence-electron chi connectivity index (χ0n) is 19.8. The predicted octanol–water partition coefficient (Wildman–Crippen LogP) is 3.47. The van der Waals surface area contributed by atoms with Gasteiger partial charge in [-0.2, -0.15) is 0 Å². The summed E-state index contributed by atoms with van der Waals surface area (Å²) in [6.45, 7) is 6.92. The normalized spacial score (nSPS) is 45.2. The van der Waals surface area contributed by atoms with E-state index in [0.717, 1.165) is 38.5 Å². The topological polar surface area (TPSA) is 96.0 Å². The molecule has 4 aliphatic rings. The number of fused-ring (bicyclic) bond motifs is 5. The third-order valence-electron chi connectivity index (χ3n) is 9.56. The number of ketones is 1. The molecule has 0 radical (unpaired) electrons. The number of Topliss-reactive ketones (excluding diaryl/α,β-unsaturated/α-hetero) is 1. The molecule has 0 aromatic heterocycles. The minimum Gasteiger partial charge on any atom is -0.469 e. The highest BCUT2D eigenvalue weighted by Gasteiger charge is 2.69. The molecule has 9 atom stereocenters. The van der Waals surface area contributed by atoms with Crippen molar-refractivity contribution in [3.8, 4) is 0 Å². The summed E-state index contributed by atoms with van der Waals surface area (Å²) in [7, 11) is 1.37. The van der Waals surface area contributed by atoms with E-state index >= 15 is 0 Å². The van der Waals surface area contributed by atoms with Gasteiger partial charge in [0.05, 0.1) is 13.0 Å². The molecule has 3 unspecified atom stereocenters. The molecule has 7 nitrogen and oxygen atoms in total. The Morgan fingerprint density at radius 3 is 2.25 bits per heavy atom. The van der Waals surface area contributed by atoms with Gasteiger partial charge in [0.25, 0.3) is 0 Å². The minimum absolute atomic E-state index is 0.0783. The van der Waals surface area contributed by atoms with Gasteiger partial charge in [-0.3, -0.25) is 19.2 Å². The number of hydrogen-bond acceptors (Lipinski definition) is 7. The number of methoxy groups -OCH3 is 1. The first kappa shape index (κ1) is 23.2. The van der Waals surface area contributed by atoms with Crippen LogP contribution < -0.4 is 0 Å². The van der Waals surface area contributed by atoms with Crippen LogP contribution in [0.15, 0.2) is 0 Å². The minimum atomic E-state index is -0.869. The van der Waals surface area contributed by atoms with Crippen LogP contribution in [0.25, 0.3) is 0 Å². The van der Waals surface area contributed by atoms with Crippen LogP contribution >= 0.6 is 0 Å². The van der Waals surface area contributed by atoms with E-state index in [2.05, 4.69) is 6.92 Å². The van der Waals surface area contributed by atoms with Gasteiger partial charge in [0.2, 0.25) is 0 Å². The number of carbonyl (C=O) groups is 4. The van der Waals surface area contributed by atoms with Gasteiger partial charge in [-0.05, 0) is 68.1 Å². The first-order valence-electron chi connectivity index (χ1n) is 12.0. The van der Waals surface area contributed by atoms with Crippen LogP contribution in [0.3, 0.4) is 0 Å². The van der Waals surface area contributed by atoms with Crippen molar-refractivity contribution in [3.05, 3.63) is 0 Å². The fourth-order valence-electron chi connectivity index (χ4n) is 8.19. The van der Waals surface area contributed by atoms with Crippen molar-refractivity contribution in [2.75, 3.05) is 7.11 Å². The molecule has 7 heteroatoms. The Morgan fingerprint density at radius 1 is 0.938 bits per heavy atom. The maximum Gasteiger partial charge on any atom is 0.309 e. The first-order valence-corrected chi connectivity index (χ1v) is 12.0. The van der Waals surface area contributed by atoms with E-state index in [-0.39, 0.29) is 47.0 Å². The molecular weight excluding hydrogens is 412 g/mol. The van der Waals surface area contributed by atoms with E-state index in [4.69, 9.17) is 14.2 Å². The van der Waals surface area contributed by atoms with Crippen molar-refractivity contribution >= 4 is 23.7 Å². The number of rotatable bonds is 3. The van der Waals surface area contributed by atoms with Gasteiger partial charge >= 0.3 is 17.9 Å². The van der Waals surface area contributed by atoms with E-state index in [1.54, 1.807) is 0 Å². The zero-order chi connectivity index (χ0) is 23.4. The van der Waals surface area contributed by atoms with Crippen molar-refractivity contribution in [3.63, 3.8) is 0 Å². The van der Waals surface area contributed by atoms with Crippen LogP contribution in [0.5, 0.6) is 0 Å². The quantitative estimate of drug-likeness (QED) is 0.482. The van der Waals surface area contributed by atoms with Crippen LogP contribution in [0.4, 0.5) is 0 Å². The fraction of sp³-hybridized carbons (Fsp3) is 0.840. The van der Waals surface area contributed by atoms with Crippen LogP contribution in [-0.4, -0.2) is 43.0 Å². The number of carbonyl (C=O) groups excluding carboxylic acids is 4. The summed E-state index contributed by atoms with van der Waals surface area (Å²) < 4.78 is 16.4. The lowest BCUT2D eigenvalue weighted by atomic mass is 9.43. The van der Waals surface area contributed by atoms with Gasteiger partial charge in [0.15, 0.2) is 11.9 Å². The molecule has 32 heavy (non-hydrogen) atoms. The Bertz CT molecular complexity index is 821. The van der Waals surface area contributed by atoms with Crippen LogP contribution in [0.2, 0.25) is 0 Å². The number of esters is 3. The molecule has 4 aliphatic carbocycles. The molecule has 0 N–H and O–H groups in total. The molecular formula is C25H36O7. The second-order valence-electron chi connectivity index (χ2n) is 10.9. The maximum atomic E-state index is 14.0. The predicted molar refractivity (Wildman–Crippen MR) is 114 cm³/mol. The molecule has 4 fully saturated rings. The Labute approximate surface area is 189 Å². The molecule has 0 aliphatic heterocycles. The molecule has 4 saturated carbocycles. The Hall–Kier alpha value is -1.92. The van der Waals surface area contributed by atoms with Crippen molar-refractivity contribution in [2.45, 2.75) is 84.8 Å². The highest BCUT2D eigenvalue weighted by atomic mass is 16.6. The molecule has 4 rings (SSSR count). The molecule has 178 valence electrons. The van der Waals surface area contributed by atoms with Gasteiger partial charge in [-0.15, -0.1) is 0 Å². The van der Waals surface area contributed by atoms with Crippen molar-refractivity contribution in [1.29, 1.82) is 0 Å². The standard InChI is InChI=1S/C25H36O7/c1-13(26)31-16-10-11-24(3)15(12-16)6-7-17-18-8-9-19(23(29)30-5)25(18,4)22(28)21(20(17)24)32-14(2)27/h15-21H,6-12H2,1-5H3/t15-,16+,17?,18-,19-,20?,21?,24+,25+/m1/s1. The smallest absolute Gasteiger partial charge is 0.309 e. The maximum absolute atomic E-state index is 14.0. The van der Waals surface area contributed by atoms with Crippen LogP contribution in [0, 0.1) is 40.4 Å². The molecule has 0 spiro atoms. The molecule has 0 saturated heterocycles. The summed E-state index contributed by atoms with van der Waals surface area (Å²) in [5, 5.41) is 0. The first-order chi connectivity index (χ1) is 15.0. The summed E-state index contributed by atoms with van der Waals surface area (Å²) in [6, 6.07) is 0. The third-order valence-corrected chi connectivity index (χ3v) is 9.56. The molecule has 0 aromatic rings. The molecule has 0 bridgehead atoms. The van der Waals surface area contributed by atoms with Crippen LogP contribution in [-0.2, 0) is 33.4 Å². The zero-order valence-corrected chi connectivity index (χ0v) is 19.8. The monoisotopic (exact) mass is 448 g/mol. The largest absolute Gasteiger partial charge is 0.469 e. The summed E-state index contributed by atoms with van der Waals surface area (Å²) in [6.07, 6.45) is 4.79. The molecule has 0 amide bonds. The van der Waals surface area contributed by atoms with Gasteiger partial charge < -0.3 is 14.2 Å². The summed E-state index contributed by atoms with van der Waals surface area (Å²) in [5.41, 5.74) is -1.05. The Morgan fingerprint density at radius 2 is 1.62 bits per heavy atom. The van der Waals surface area contributed by atoms with Gasteiger partial charge in [-0.25, -0.2) is 0 Å². The molecule has 0 aromatic carbocycles.